The van der Waals surface area contributed by atoms with E-state index in [1.54, 1.807) is 18.2 Å². The van der Waals surface area contributed by atoms with Gasteiger partial charge < -0.3 is 9.47 Å². The molecule has 3 heteroatoms. The SMILES string of the molecule is CCOc1cc(C#N)ccc1OC(C)C. The zero-order chi connectivity index (χ0) is 11.3. The Morgan fingerprint density at radius 3 is 2.60 bits per heavy atom. The molecule has 0 bridgehead atoms. The molecule has 0 saturated carbocycles. The summed E-state index contributed by atoms with van der Waals surface area (Å²) in [5.74, 6) is 1.32. The third kappa shape index (κ3) is 3.17. The standard InChI is InChI=1S/C12H15NO2/c1-4-14-12-7-10(8-13)5-6-11(12)15-9(2)3/h5-7,9H,4H2,1-3H3. The summed E-state index contributed by atoms with van der Waals surface area (Å²) in [7, 11) is 0. The molecular formula is C12H15NO2. The van der Waals surface area contributed by atoms with Gasteiger partial charge in [-0.05, 0) is 32.9 Å². The van der Waals surface area contributed by atoms with Crippen LogP contribution in [0.2, 0.25) is 0 Å². The minimum Gasteiger partial charge on any atom is -0.490 e. The zero-order valence-corrected chi connectivity index (χ0v) is 9.28. The van der Waals surface area contributed by atoms with Crippen LogP contribution in [-0.4, -0.2) is 12.7 Å². The minimum absolute atomic E-state index is 0.0946. The van der Waals surface area contributed by atoms with Crippen LogP contribution in [0.5, 0.6) is 11.5 Å². The third-order valence-corrected chi connectivity index (χ3v) is 1.74. The van der Waals surface area contributed by atoms with Crippen LogP contribution in [0, 0.1) is 11.3 Å². The van der Waals surface area contributed by atoms with Gasteiger partial charge in [0.1, 0.15) is 0 Å². The number of rotatable bonds is 4. The number of benzene rings is 1. The molecule has 0 fully saturated rings. The molecule has 0 aliphatic carbocycles. The lowest BCUT2D eigenvalue weighted by Crippen LogP contribution is -2.07. The van der Waals surface area contributed by atoms with Crippen molar-refractivity contribution in [1.82, 2.24) is 0 Å². The molecule has 0 atom stereocenters. The summed E-state index contributed by atoms with van der Waals surface area (Å²) in [4.78, 5) is 0. The summed E-state index contributed by atoms with van der Waals surface area (Å²) in [6.45, 7) is 6.36. The van der Waals surface area contributed by atoms with Gasteiger partial charge in [-0.1, -0.05) is 0 Å². The van der Waals surface area contributed by atoms with E-state index in [1.165, 1.54) is 0 Å². The second-order valence-electron chi connectivity index (χ2n) is 3.37. The molecule has 1 aromatic rings. The van der Waals surface area contributed by atoms with Gasteiger partial charge in [-0.3, -0.25) is 0 Å². The minimum atomic E-state index is 0.0946. The summed E-state index contributed by atoms with van der Waals surface area (Å²) < 4.78 is 11.0. The highest BCUT2D eigenvalue weighted by Gasteiger charge is 2.07. The Labute approximate surface area is 90.2 Å². The Kier molecular flexibility index (Phi) is 3.99. The molecule has 0 aromatic heterocycles. The van der Waals surface area contributed by atoms with E-state index < -0.39 is 0 Å². The molecule has 0 heterocycles. The average Bonchev–Trinajstić information content (AvgIpc) is 2.20. The Morgan fingerprint density at radius 1 is 1.33 bits per heavy atom. The van der Waals surface area contributed by atoms with E-state index in [9.17, 15) is 0 Å². The van der Waals surface area contributed by atoms with Crippen molar-refractivity contribution in [2.24, 2.45) is 0 Å². The molecule has 0 aliphatic rings. The van der Waals surface area contributed by atoms with Gasteiger partial charge in [0.2, 0.25) is 0 Å². The van der Waals surface area contributed by atoms with Crippen LogP contribution in [0.3, 0.4) is 0 Å². The molecule has 0 amide bonds. The highest BCUT2D eigenvalue weighted by atomic mass is 16.5. The van der Waals surface area contributed by atoms with E-state index in [4.69, 9.17) is 14.7 Å². The number of nitriles is 1. The van der Waals surface area contributed by atoms with Crippen molar-refractivity contribution < 1.29 is 9.47 Å². The maximum Gasteiger partial charge on any atom is 0.162 e. The second-order valence-corrected chi connectivity index (χ2v) is 3.37. The topological polar surface area (TPSA) is 42.2 Å². The van der Waals surface area contributed by atoms with Crippen LogP contribution in [-0.2, 0) is 0 Å². The first-order valence-corrected chi connectivity index (χ1v) is 5.01. The Morgan fingerprint density at radius 2 is 2.07 bits per heavy atom. The summed E-state index contributed by atoms with van der Waals surface area (Å²) in [5, 5.41) is 8.76. The largest absolute Gasteiger partial charge is 0.490 e. The van der Waals surface area contributed by atoms with Crippen LogP contribution in [0.15, 0.2) is 18.2 Å². The fourth-order valence-electron chi connectivity index (χ4n) is 1.20. The molecule has 0 unspecified atom stereocenters. The maximum atomic E-state index is 8.76. The van der Waals surface area contributed by atoms with E-state index in [1.807, 2.05) is 20.8 Å². The third-order valence-electron chi connectivity index (χ3n) is 1.74. The van der Waals surface area contributed by atoms with Gasteiger partial charge in [0.15, 0.2) is 11.5 Å². The summed E-state index contributed by atoms with van der Waals surface area (Å²) in [6, 6.07) is 7.26. The Balaban J connectivity index is 2.99. The molecule has 80 valence electrons. The van der Waals surface area contributed by atoms with Crippen molar-refractivity contribution in [3.8, 4) is 17.6 Å². The highest BCUT2D eigenvalue weighted by molar-refractivity contribution is 5.46. The van der Waals surface area contributed by atoms with E-state index >= 15 is 0 Å². The van der Waals surface area contributed by atoms with Crippen molar-refractivity contribution in [2.75, 3.05) is 6.61 Å². The fraction of sp³-hybridized carbons (Fsp3) is 0.417. The molecule has 0 N–H and O–H groups in total. The van der Waals surface area contributed by atoms with Crippen LogP contribution in [0.1, 0.15) is 26.3 Å². The van der Waals surface area contributed by atoms with Gasteiger partial charge in [-0.2, -0.15) is 5.26 Å². The predicted molar refractivity (Wildman–Crippen MR) is 58.1 cm³/mol. The molecule has 3 nitrogen and oxygen atoms in total. The van der Waals surface area contributed by atoms with Crippen LogP contribution < -0.4 is 9.47 Å². The van der Waals surface area contributed by atoms with Crippen LogP contribution >= 0.6 is 0 Å². The number of nitrogens with zero attached hydrogens (tertiary/aromatic N) is 1. The molecule has 0 radical (unpaired) electrons. The number of ether oxygens (including phenoxy) is 2. The predicted octanol–water partition coefficient (Wildman–Crippen LogP) is 2.74. The lowest BCUT2D eigenvalue weighted by molar-refractivity contribution is 0.224. The molecular weight excluding hydrogens is 190 g/mol. The first kappa shape index (κ1) is 11.4. The van der Waals surface area contributed by atoms with E-state index in [0.717, 1.165) is 0 Å². The van der Waals surface area contributed by atoms with Gasteiger partial charge in [-0.25, -0.2) is 0 Å². The quantitative estimate of drug-likeness (QED) is 0.759. The van der Waals surface area contributed by atoms with Crippen molar-refractivity contribution in [3.05, 3.63) is 23.8 Å². The van der Waals surface area contributed by atoms with E-state index in [-0.39, 0.29) is 6.10 Å². The monoisotopic (exact) mass is 205 g/mol. The number of hydrogen-bond donors (Lipinski definition) is 0. The Bertz CT molecular complexity index is 366. The fourth-order valence-corrected chi connectivity index (χ4v) is 1.20. The summed E-state index contributed by atoms with van der Waals surface area (Å²) in [5.41, 5.74) is 0.578. The van der Waals surface area contributed by atoms with E-state index in [2.05, 4.69) is 6.07 Å². The van der Waals surface area contributed by atoms with Gasteiger partial charge >= 0.3 is 0 Å². The number of hydrogen-bond acceptors (Lipinski definition) is 3. The zero-order valence-electron chi connectivity index (χ0n) is 9.28. The average molecular weight is 205 g/mol. The molecule has 0 saturated heterocycles. The first-order chi connectivity index (χ1) is 7.17. The van der Waals surface area contributed by atoms with Gasteiger partial charge in [0.25, 0.3) is 0 Å². The van der Waals surface area contributed by atoms with Crippen LogP contribution in [0.4, 0.5) is 0 Å². The Hall–Kier alpha value is -1.69. The second kappa shape index (κ2) is 5.26. The van der Waals surface area contributed by atoms with Crippen molar-refractivity contribution in [1.29, 1.82) is 5.26 Å². The van der Waals surface area contributed by atoms with Gasteiger partial charge in [-0.15, -0.1) is 0 Å². The molecule has 0 spiro atoms. The molecule has 1 rings (SSSR count). The maximum absolute atomic E-state index is 8.76. The van der Waals surface area contributed by atoms with Crippen molar-refractivity contribution in [3.63, 3.8) is 0 Å². The normalized spacial score (nSPS) is 9.80. The molecule has 0 aliphatic heterocycles. The first-order valence-electron chi connectivity index (χ1n) is 5.01. The smallest absolute Gasteiger partial charge is 0.162 e. The van der Waals surface area contributed by atoms with Crippen molar-refractivity contribution in [2.45, 2.75) is 26.9 Å². The summed E-state index contributed by atoms with van der Waals surface area (Å²) >= 11 is 0. The van der Waals surface area contributed by atoms with Gasteiger partial charge in [0.05, 0.1) is 24.3 Å². The van der Waals surface area contributed by atoms with Crippen LogP contribution in [0.25, 0.3) is 0 Å². The highest BCUT2D eigenvalue weighted by Crippen LogP contribution is 2.29. The summed E-state index contributed by atoms with van der Waals surface area (Å²) in [6.07, 6.45) is 0.0946. The van der Waals surface area contributed by atoms with E-state index in [0.29, 0.717) is 23.7 Å². The van der Waals surface area contributed by atoms with Crippen molar-refractivity contribution >= 4 is 0 Å². The lowest BCUT2D eigenvalue weighted by Gasteiger charge is -2.14. The molecule has 15 heavy (non-hydrogen) atoms. The van der Waals surface area contributed by atoms with Gasteiger partial charge in [0, 0.05) is 6.07 Å². The molecule has 1 aromatic carbocycles. The lowest BCUT2D eigenvalue weighted by atomic mass is 10.2.